The summed E-state index contributed by atoms with van der Waals surface area (Å²) in [6, 6.07) is 7.34. The maximum atomic E-state index is 13.1. The number of hydrogen-bond acceptors (Lipinski definition) is 3. The number of carbonyl (C=O) groups excluding carboxylic acids is 1. The molecule has 0 aliphatic carbocycles. The second-order valence-corrected chi connectivity index (χ2v) is 7.75. The van der Waals surface area contributed by atoms with Crippen molar-refractivity contribution in [3.05, 3.63) is 52.8 Å². The molecule has 1 fully saturated rings. The summed E-state index contributed by atoms with van der Waals surface area (Å²) in [6.07, 6.45) is 3.24. The van der Waals surface area contributed by atoms with E-state index in [2.05, 4.69) is 18.9 Å². The molecular formula is C19H24ClN3O2. The smallest absolute Gasteiger partial charge is 0.256 e. The topological polar surface area (TPSA) is 47.4 Å². The van der Waals surface area contributed by atoms with E-state index >= 15 is 0 Å². The van der Waals surface area contributed by atoms with Crippen LogP contribution >= 0.6 is 11.6 Å². The summed E-state index contributed by atoms with van der Waals surface area (Å²) in [5.41, 5.74) is 1.84. The summed E-state index contributed by atoms with van der Waals surface area (Å²) in [4.78, 5) is 15.0. The van der Waals surface area contributed by atoms with Crippen molar-refractivity contribution in [2.75, 3.05) is 20.2 Å². The minimum Gasteiger partial charge on any atom is -0.367 e. The summed E-state index contributed by atoms with van der Waals surface area (Å²) in [5.74, 6) is 0.198. The molecule has 1 aromatic carbocycles. The Morgan fingerprint density at radius 3 is 2.72 bits per heavy atom. The van der Waals surface area contributed by atoms with E-state index in [-0.39, 0.29) is 17.2 Å². The molecule has 0 saturated carbocycles. The average Bonchev–Trinajstić information content (AvgIpc) is 3.12. The Balaban J connectivity index is 1.84. The van der Waals surface area contributed by atoms with Gasteiger partial charge in [0, 0.05) is 49.9 Å². The third-order valence-corrected chi connectivity index (χ3v) is 5.38. The Morgan fingerprint density at radius 2 is 2.12 bits per heavy atom. The first-order chi connectivity index (χ1) is 11.8. The van der Waals surface area contributed by atoms with Gasteiger partial charge in [0.1, 0.15) is 0 Å². The molecule has 2 unspecified atom stereocenters. The fourth-order valence-corrected chi connectivity index (χ4v) is 3.93. The Bertz CT molecular complexity index is 772. The van der Waals surface area contributed by atoms with Crippen LogP contribution in [0, 0.1) is 5.41 Å². The second kappa shape index (κ2) is 6.81. The van der Waals surface area contributed by atoms with Gasteiger partial charge in [0.15, 0.2) is 6.10 Å². The minimum absolute atomic E-state index is 0.0303. The molecule has 6 heteroatoms. The van der Waals surface area contributed by atoms with E-state index in [9.17, 15) is 4.79 Å². The van der Waals surface area contributed by atoms with Crippen LogP contribution in [0.4, 0.5) is 0 Å². The van der Waals surface area contributed by atoms with Gasteiger partial charge in [-0.3, -0.25) is 9.48 Å². The number of methoxy groups -OCH3 is 1. The van der Waals surface area contributed by atoms with Crippen molar-refractivity contribution in [2.45, 2.75) is 25.9 Å². The van der Waals surface area contributed by atoms with Crippen molar-refractivity contribution in [1.29, 1.82) is 0 Å². The largest absolute Gasteiger partial charge is 0.367 e. The van der Waals surface area contributed by atoms with Crippen molar-refractivity contribution >= 4 is 17.5 Å². The van der Waals surface area contributed by atoms with E-state index in [1.54, 1.807) is 17.9 Å². The Hall–Kier alpha value is -1.85. The lowest BCUT2D eigenvalue weighted by atomic mass is 9.79. The predicted octanol–water partition coefficient (Wildman–Crippen LogP) is 3.41. The number of halogens is 1. The van der Waals surface area contributed by atoms with Gasteiger partial charge in [-0.2, -0.15) is 5.10 Å². The molecule has 0 N–H and O–H groups in total. The highest BCUT2D eigenvalue weighted by atomic mass is 35.5. The standard InChI is InChI=1S/C19H24ClN3O2/c1-19(2)12-23(11-15(19)13-9-21-22(3)10-13)18(24)17(25-4)14-7-5-6-8-16(14)20/h5-10,15,17H,11-12H2,1-4H3. The first-order valence-electron chi connectivity index (χ1n) is 8.38. The number of aryl methyl sites for hydroxylation is 1. The summed E-state index contributed by atoms with van der Waals surface area (Å²) in [5, 5.41) is 4.82. The molecular weight excluding hydrogens is 338 g/mol. The third kappa shape index (κ3) is 3.44. The number of likely N-dealkylation sites (tertiary alicyclic amines) is 1. The molecule has 0 bridgehead atoms. The van der Waals surface area contributed by atoms with Crippen LogP contribution in [-0.4, -0.2) is 40.8 Å². The Kier molecular flexibility index (Phi) is 4.89. The monoisotopic (exact) mass is 361 g/mol. The summed E-state index contributed by atoms with van der Waals surface area (Å²) in [7, 11) is 3.46. The van der Waals surface area contributed by atoms with Crippen LogP contribution in [-0.2, 0) is 16.6 Å². The maximum absolute atomic E-state index is 13.1. The highest BCUT2D eigenvalue weighted by Gasteiger charge is 2.44. The first-order valence-corrected chi connectivity index (χ1v) is 8.76. The lowest BCUT2D eigenvalue weighted by molar-refractivity contribution is -0.141. The summed E-state index contributed by atoms with van der Waals surface area (Å²) in [6.45, 7) is 5.71. The molecule has 1 aliphatic rings. The molecule has 1 amide bonds. The van der Waals surface area contributed by atoms with Gasteiger partial charge in [0.2, 0.25) is 0 Å². The number of amides is 1. The second-order valence-electron chi connectivity index (χ2n) is 7.34. The predicted molar refractivity (Wildman–Crippen MR) is 97.5 cm³/mol. The Labute approximate surface area is 153 Å². The van der Waals surface area contributed by atoms with E-state index in [4.69, 9.17) is 16.3 Å². The fraction of sp³-hybridized carbons (Fsp3) is 0.474. The molecule has 1 aromatic heterocycles. The van der Waals surface area contributed by atoms with Crippen LogP contribution in [0.2, 0.25) is 5.02 Å². The summed E-state index contributed by atoms with van der Waals surface area (Å²) < 4.78 is 7.32. The van der Waals surface area contributed by atoms with Crippen molar-refractivity contribution in [1.82, 2.24) is 14.7 Å². The first kappa shape index (κ1) is 18.0. The number of benzene rings is 1. The molecule has 0 spiro atoms. The van der Waals surface area contributed by atoms with Crippen LogP contribution in [0.3, 0.4) is 0 Å². The van der Waals surface area contributed by atoms with Gasteiger partial charge in [-0.05, 0) is 17.0 Å². The summed E-state index contributed by atoms with van der Waals surface area (Å²) >= 11 is 6.27. The van der Waals surface area contributed by atoms with Gasteiger partial charge in [-0.25, -0.2) is 0 Å². The van der Waals surface area contributed by atoms with Crippen molar-refractivity contribution in [2.24, 2.45) is 12.5 Å². The van der Waals surface area contributed by atoms with E-state index in [1.807, 2.05) is 42.5 Å². The highest BCUT2D eigenvalue weighted by Crippen LogP contribution is 2.43. The highest BCUT2D eigenvalue weighted by molar-refractivity contribution is 6.31. The maximum Gasteiger partial charge on any atom is 0.256 e. The van der Waals surface area contributed by atoms with E-state index in [0.29, 0.717) is 23.7 Å². The normalized spacial score (nSPS) is 20.7. The van der Waals surface area contributed by atoms with Crippen LogP contribution < -0.4 is 0 Å². The molecule has 1 saturated heterocycles. The Morgan fingerprint density at radius 1 is 1.40 bits per heavy atom. The van der Waals surface area contributed by atoms with Crippen LogP contribution in [0.1, 0.15) is 37.0 Å². The average molecular weight is 362 g/mol. The fourth-order valence-electron chi connectivity index (χ4n) is 3.69. The van der Waals surface area contributed by atoms with Gasteiger partial charge in [-0.1, -0.05) is 43.6 Å². The molecule has 0 radical (unpaired) electrons. The zero-order chi connectivity index (χ0) is 18.2. The lowest BCUT2D eigenvalue weighted by Gasteiger charge is -2.25. The van der Waals surface area contributed by atoms with Crippen molar-refractivity contribution < 1.29 is 9.53 Å². The zero-order valence-electron chi connectivity index (χ0n) is 15.1. The molecule has 3 rings (SSSR count). The van der Waals surface area contributed by atoms with Gasteiger partial charge in [0.05, 0.1) is 6.20 Å². The van der Waals surface area contributed by atoms with Gasteiger partial charge in [0.25, 0.3) is 5.91 Å². The molecule has 134 valence electrons. The van der Waals surface area contributed by atoms with Gasteiger partial charge in [-0.15, -0.1) is 0 Å². The number of carbonyl (C=O) groups is 1. The number of hydrogen-bond donors (Lipinski definition) is 0. The molecule has 2 heterocycles. The SMILES string of the molecule is COC(C(=O)N1CC(c2cnn(C)c2)C(C)(C)C1)c1ccccc1Cl. The van der Waals surface area contributed by atoms with Crippen LogP contribution in [0.5, 0.6) is 0 Å². The molecule has 2 aromatic rings. The third-order valence-electron chi connectivity index (χ3n) is 5.03. The minimum atomic E-state index is -0.683. The molecule has 2 atom stereocenters. The van der Waals surface area contributed by atoms with E-state index < -0.39 is 6.10 Å². The molecule has 25 heavy (non-hydrogen) atoms. The molecule has 1 aliphatic heterocycles. The number of rotatable bonds is 4. The van der Waals surface area contributed by atoms with Crippen LogP contribution in [0.25, 0.3) is 0 Å². The number of aromatic nitrogens is 2. The van der Waals surface area contributed by atoms with Crippen molar-refractivity contribution in [3.63, 3.8) is 0 Å². The van der Waals surface area contributed by atoms with Gasteiger partial charge >= 0.3 is 0 Å². The van der Waals surface area contributed by atoms with E-state index in [1.165, 1.54) is 0 Å². The van der Waals surface area contributed by atoms with Crippen LogP contribution in [0.15, 0.2) is 36.7 Å². The zero-order valence-corrected chi connectivity index (χ0v) is 15.8. The van der Waals surface area contributed by atoms with Gasteiger partial charge < -0.3 is 9.64 Å². The van der Waals surface area contributed by atoms with E-state index in [0.717, 1.165) is 5.56 Å². The quantitative estimate of drug-likeness (QED) is 0.838. The lowest BCUT2D eigenvalue weighted by Crippen LogP contribution is -2.35. The number of ether oxygens (including phenoxy) is 1. The van der Waals surface area contributed by atoms with Crippen molar-refractivity contribution in [3.8, 4) is 0 Å². The number of nitrogens with zero attached hydrogens (tertiary/aromatic N) is 3. The molecule has 5 nitrogen and oxygen atoms in total.